The number of amides is 2. The van der Waals surface area contributed by atoms with Crippen molar-refractivity contribution in [3.63, 3.8) is 0 Å². The maximum atomic E-state index is 15.2. The molecule has 3 N–H and O–H groups in total. The van der Waals surface area contributed by atoms with Gasteiger partial charge in [0.15, 0.2) is 0 Å². The molecule has 2 amide bonds. The number of nitrogens with two attached hydrogens (primary N) is 1. The highest BCUT2D eigenvalue weighted by molar-refractivity contribution is 5.97. The fourth-order valence-electron chi connectivity index (χ4n) is 4.40. The molecule has 3 heterocycles. The molecule has 0 bridgehead atoms. The van der Waals surface area contributed by atoms with Crippen molar-refractivity contribution >= 4 is 28.4 Å². The van der Waals surface area contributed by atoms with Gasteiger partial charge in [0.25, 0.3) is 5.91 Å². The van der Waals surface area contributed by atoms with Crippen LogP contribution >= 0.6 is 0 Å². The Morgan fingerprint density at radius 1 is 1.26 bits per heavy atom. The predicted molar refractivity (Wildman–Crippen MR) is 127 cm³/mol. The lowest BCUT2D eigenvalue weighted by atomic mass is 9.95. The number of piperidine rings is 1. The highest BCUT2D eigenvalue weighted by Crippen LogP contribution is 2.29. The Morgan fingerprint density at radius 2 is 2.03 bits per heavy atom. The third kappa shape index (κ3) is 4.83. The first-order valence-corrected chi connectivity index (χ1v) is 11.6. The van der Waals surface area contributed by atoms with Gasteiger partial charge in [0, 0.05) is 37.1 Å². The molecular formula is C25H29FN4O4. The standard InChI is InChI=1S/C25H29FN4O4/c1-2-3-8-30-15-19(25(33)28-14-17-5-4-11-34-17)23(31)18-12-20(26)22(13-21(18)30)29-9-6-16(7-10-29)24(27)32/h4-5,11-13,15-16H,2-3,6-10,14H2,1H3,(H2,27,32)(H,28,33). The zero-order valence-electron chi connectivity index (χ0n) is 19.2. The van der Waals surface area contributed by atoms with Crippen LogP contribution in [-0.4, -0.2) is 29.5 Å². The van der Waals surface area contributed by atoms with Gasteiger partial charge in [0.05, 0.1) is 24.0 Å². The van der Waals surface area contributed by atoms with Gasteiger partial charge in [0.1, 0.15) is 17.1 Å². The quantitative estimate of drug-likeness (QED) is 0.528. The van der Waals surface area contributed by atoms with Crippen LogP contribution in [0, 0.1) is 11.7 Å². The molecule has 1 aliphatic rings. The summed E-state index contributed by atoms with van der Waals surface area (Å²) in [5.41, 5.74) is 5.83. The van der Waals surface area contributed by atoms with Crippen LogP contribution in [0.15, 0.2) is 45.9 Å². The minimum Gasteiger partial charge on any atom is -0.467 e. The van der Waals surface area contributed by atoms with E-state index >= 15 is 4.39 Å². The smallest absolute Gasteiger partial charge is 0.257 e. The number of aryl methyl sites for hydroxylation is 1. The molecule has 180 valence electrons. The van der Waals surface area contributed by atoms with Crippen LogP contribution in [0.5, 0.6) is 0 Å². The molecule has 0 unspecified atom stereocenters. The number of hydrogen-bond donors (Lipinski definition) is 2. The van der Waals surface area contributed by atoms with Gasteiger partial charge in [-0.1, -0.05) is 13.3 Å². The van der Waals surface area contributed by atoms with E-state index < -0.39 is 17.2 Å². The lowest BCUT2D eigenvalue weighted by Gasteiger charge is -2.32. The van der Waals surface area contributed by atoms with Crippen molar-refractivity contribution in [2.45, 2.75) is 45.7 Å². The average molecular weight is 469 g/mol. The summed E-state index contributed by atoms with van der Waals surface area (Å²) < 4.78 is 22.3. The van der Waals surface area contributed by atoms with E-state index in [2.05, 4.69) is 12.2 Å². The van der Waals surface area contributed by atoms with Crippen LogP contribution < -0.4 is 21.4 Å². The number of halogens is 1. The van der Waals surface area contributed by atoms with Crippen molar-refractivity contribution in [1.29, 1.82) is 0 Å². The van der Waals surface area contributed by atoms with Crippen molar-refractivity contribution in [2.24, 2.45) is 11.7 Å². The summed E-state index contributed by atoms with van der Waals surface area (Å²) in [5, 5.41) is 2.86. The van der Waals surface area contributed by atoms with E-state index in [9.17, 15) is 14.4 Å². The van der Waals surface area contributed by atoms with Gasteiger partial charge in [-0.15, -0.1) is 0 Å². The first-order valence-electron chi connectivity index (χ1n) is 11.6. The number of aromatic nitrogens is 1. The molecule has 9 heteroatoms. The lowest BCUT2D eigenvalue weighted by molar-refractivity contribution is -0.122. The number of pyridine rings is 1. The van der Waals surface area contributed by atoms with Crippen molar-refractivity contribution in [2.75, 3.05) is 18.0 Å². The molecule has 0 saturated carbocycles. The normalized spacial score (nSPS) is 14.5. The number of carbonyl (C=O) groups is 2. The van der Waals surface area contributed by atoms with Gasteiger partial charge < -0.3 is 24.9 Å². The average Bonchev–Trinajstić information content (AvgIpc) is 3.36. The first-order chi connectivity index (χ1) is 16.4. The fraction of sp³-hybridized carbons (Fsp3) is 0.400. The van der Waals surface area contributed by atoms with Crippen molar-refractivity contribution in [1.82, 2.24) is 9.88 Å². The molecule has 1 aromatic carbocycles. The molecule has 0 aliphatic carbocycles. The van der Waals surface area contributed by atoms with Crippen LogP contribution in [0.3, 0.4) is 0 Å². The number of primary amides is 1. The van der Waals surface area contributed by atoms with Gasteiger partial charge >= 0.3 is 0 Å². The second-order valence-electron chi connectivity index (χ2n) is 8.67. The van der Waals surface area contributed by atoms with Crippen LogP contribution in [0.25, 0.3) is 10.9 Å². The second kappa shape index (κ2) is 10.1. The molecule has 3 aromatic rings. The topological polar surface area (TPSA) is 111 Å². The number of nitrogens with zero attached hydrogens (tertiary/aromatic N) is 2. The van der Waals surface area contributed by atoms with Crippen molar-refractivity contribution in [3.05, 3.63) is 64.1 Å². The SMILES string of the molecule is CCCCn1cc(C(=O)NCc2ccco2)c(=O)c2cc(F)c(N3CCC(C(N)=O)CC3)cc21. The Labute approximate surface area is 196 Å². The van der Waals surface area contributed by atoms with Gasteiger partial charge in [-0.25, -0.2) is 4.39 Å². The molecule has 34 heavy (non-hydrogen) atoms. The summed E-state index contributed by atoms with van der Waals surface area (Å²) in [6, 6.07) is 6.34. The van der Waals surface area contributed by atoms with E-state index in [0.717, 1.165) is 12.8 Å². The molecule has 8 nitrogen and oxygen atoms in total. The number of rotatable bonds is 8. The van der Waals surface area contributed by atoms with Gasteiger partial charge in [-0.2, -0.15) is 0 Å². The summed E-state index contributed by atoms with van der Waals surface area (Å²) in [6.07, 6.45) is 5.93. The third-order valence-corrected chi connectivity index (χ3v) is 6.39. The molecular weight excluding hydrogens is 439 g/mol. The van der Waals surface area contributed by atoms with E-state index in [-0.39, 0.29) is 29.3 Å². The predicted octanol–water partition coefficient (Wildman–Crippen LogP) is 3.17. The van der Waals surface area contributed by atoms with E-state index in [1.807, 2.05) is 9.47 Å². The molecule has 0 atom stereocenters. The maximum absolute atomic E-state index is 15.2. The van der Waals surface area contributed by atoms with Crippen LogP contribution in [0.2, 0.25) is 0 Å². The monoisotopic (exact) mass is 468 g/mol. The minimum atomic E-state index is -0.536. The second-order valence-corrected chi connectivity index (χ2v) is 8.67. The van der Waals surface area contributed by atoms with Crippen LogP contribution in [0.1, 0.15) is 48.7 Å². The summed E-state index contributed by atoms with van der Waals surface area (Å²) in [5.74, 6) is -1.03. The first kappa shape index (κ1) is 23.5. The van der Waals surface area contributed by atoms with Crippen molar-refractivity contribution < 1.29 is 18.4 Å². The summed E-state index contributed by atoms with van der Waals surface area (Å²) in [6.45, 7) is 3.79. The number of fused-ring (bicyclic) bond motifs is 1. The Morgan fingerprint density at radius 3 is 2.68 bits per heavy atom. The molecule has 1 aliphatic heterocycles. The minimum absolute atomic E-state index is 0.0374. The van der Waals surface area contributed by atoms with E-state index in [1.165, 1.54) is 12.3 Å². The summed E-state index contributed by atoms with van der Waals surface area (Å²) in [4.78, 5) is 39.4. The molecule has 1 fully saturated rings. The molecule has 0 radical (unpaired) electrons. The fourth-order valence-corrected chi connectivity index (χ4v) is 4.40. The molecule has 1 saturated heterocycles. The van der Waals surface area contributed by atoms with Crippen LogP contribution in [0.4, 0.5) is 10.1 Å². The Balaban J connectivity index is 1.69. The number of benzene rings is 1. The van der Waals surface area contributed by atoms with Gasteiger partial charge in [-0.3, -0.25) is 14.4 Å². The highest BCUT2D eigenvalue weighted by Gasteiger charge is 2.26. The summed E-state index contributed by atoms with van der Waals surface area (Å²) >= 11 is 0. The largest absolute Gasteiger partial charge is 0.467 e. The lowest BCUT2D eigenvalue weighted by Crippen LogP contribution is -2.39. The number of unbranched alkanes of at least 4 members (excludes halogenated alkanes) is 1. The van der Waals surface area contributed by atoms with E-state index in [0.29, 0.717) is 49.4 Å². The number of carbonyl (C=O) groups excluding carboxylic acids is 2. The van der Waals surface area contributed by atoms with Crippen molar-refractivity contribution in [3.8, 4) is 0 Å². The van der Waals surface area contributed by atoms with Gasteiger partial charge in [0.2, 0.25) is 11.3 Å². The van der Waals surface area contributed by atoms with Crippen LogP contribution in [-0.2, 0) is 17.9 Å². The number of furan rings is 1. The Bertz CT molecular complexity index is 1240. The zero-order chi connectivity index (χ0) is 24.2. The molecule has 4 rings (SSSR count). The Kier molecular flexibility index (Phi) is 7.00. The number of hydrogen-bond acceptors (Lipinski definition) is 5. The van der Waals surface area contributed by atoms with E-state index in [4.69, 9.17) is 10.2 Å². The number of nitrogens with one attached hydrogen (secondary N) is 1. The Hall–Kier alpha value is -3.62. The molecule has 0 spiro atoms. The highest BCUT2D eigenvalue weighted by atomic mass is 19.1. The van der Waals surface area contributed by atoms with Gasteiger partial charge in [-0.05, 0) is 43.5 Å². The third-order valence-electron chi connectivity index (χ3n) is 6.39. The van der Waals surface area contributed by atoms with E-state index in [1.54, 1.807) is 24.4 Å². The molecule has 2 aromatic heterocycles. The summed E-state index contributed by atoms with van der Waals surface area (Å²) in [7, 11) is 0. The zero-order valence-corrected chi connectivity index (χ0v) is 19.2. The number of anilines is 1. The maximum Gasteiger partial charge on any atom is 0.257 e.